The topological polar surface area (TPSA) is 88.3 Å². The highest BCUT2D eigenvalue weighted by Crippen LogP contribution is 2.37. The van der Waals surface area contributed by atoms with E-state index in [9.17, 15) is 9.59 Å². The second kappa shape index (κ2) is 6.18. The highest BCUT2D eigenvalue weighted by molar-refractivity contribution is 8.00. The quantitative estimate of drug-likeness (QED) is 0.888. The molecule has 2 aliphatic rings. The number of fused-ring (bicyclic) bond motifs is 1. The molecule has 2 atom stereocenters. The Morgan fingerprint density at radius 3 is 3.00 bits per heavy atom. The fraction of sp³-hybridized carbons (Fsp3) is 0.412. The average molecular weight is 358 g/mol. The molecule has 0 saturated carbocycles. The average Bonchev–Trinajstić information content (AvgIpc) is 3.23. The largest absolute Gasteiger partial charge is 0.423 e. The van der Waals surface area contributed by atoms with Crippen LogP contribution in [0.3, 0.4) is 0 Å². The van der Waals surface area contributed by atoms with Gasteiger partial charge in [0.2, 0.25) is 17.7 Å². The Morgan fingerprint density at radius 1 is 1.40 bits per heavy atom. The molecule has 1 fully saturated rings. The maximum absolute atomic E-state index is 13.0. The van der Waals surface area contributed by atoms with E-state index >= 15 is 0 Å². The molecular formula is C17H18N4O3S. The summed E-state index contributed by atoms with van der Waals surface area (Å²) >= 11 is 1.50. The van der Waals surface area contributed by atoms with Crippen LogP contribution in [-0.4, -0.2) is 38.7 Å². The van der Waals surface area contributed by atoms with Crippen molar-refractivity contribution in [2.24, 2.45) is 0 Å². The first kappa shape index (κ1) is 16.1. The normalized spacial score (nSPS) is 22.6. The van der Waals surface area contributed by atoms with Gasteiger partial charge >= 0.3 is 0 Å². The molecule has 2 aliphatic heterocycles. The summed E-state index contributed by atoms with van der Waals surface area (Å²) in [5.74, 6) is 0.859. The molecule has 1 saturated heterocycles. The number of hydrogen-bond donors (Lipinski definition) is 1. The Labute approximate surface area is 149 Å². The number of anilines is 1. The lowest BCUT2D eigenvalue weighted by Gasteiger charge is -2.24. The van der Waals surface area contributed by atoms with Crippen molar-refractivity contribution < 1.29 is 14.0 Å². The van der Waals surface area contributed by atoms with Crippen molar-refractivity contribution >= 4 is 29.3 Å². The first-order valence-electron chi connectivity index (χ1n) is 8.25. The third-order valence-electron chi connectivity index (χ3n) is 4.50. The summed E-state index contributed by atoms with van der Waals surface area (Å²) in [5, 5.41) is 10.7. The predicted octanol–water partition coefficient (Wildman–Crippen LogP) is 2.79. The van der Waals surface area contributed by atoms with E-state index in [0.717, 1.165) is 17.7 Å². The van der Waals surface area contributed by atoms with Crippen molar-refractivity contribution in [2.75, 3.05) is 11.9 Å². The van der Waals surface area contributed by atoms with Gasteiger partial charge in [0.1, 0.15) is 6.04 Å². The van der Waals surface area contributed by atoms with Gasteiger partial charge in [0.15, 0.2) is 0 Å². The molecule has 25 heavy (non-hydrogen) atoms. The summed E-state index contributed by atoms with van der Waals surface area (Å²) in [5.41, 5.74) is 1.25. The van der Waals surface area contributed by atoms with Gasteiger partial charge in [-0.3, -0.25) is 9.59 Å². The second-order valence-electron chi connectivity index (χ2n) is 6.28. The molecule has 3 heterocycles. The van der Waals surface area contributed by atoms with Gasteiger partial charge in [0.05, 0.1) is 10.9 Å². The molecule has 1 N–H and O–H groups in total. The van der Waals surface area contributed by atoms with E-state index in [-0.39, 0.29) is 23.1 Å². The molecule has 1 aromatic heterocycles. The smallest absolute Gasteiger partial charge is 0.254 e. The number of carbonyl (C=O) groups is 2. The number of amides is 2. The maximum atomic E-state index is 13.0. The summed E-state index contributed by atoms with van der Waals surface area (Å²) in [7, 11) is 0. The molecule has 4 rings (SSSR count). The number of benzene rings is 1. The number of hydrogen-bond acceptors (Lipinski definition) is 6. The molecular weight excluding hydrogens is 340 g/mol. The van der Waals surface area contributed by atoms with Crippen molar-refractivity contribution in [1.29, 1.82) is 0 Å². The molecule has 2 aromatic rings. The second-order valence-corrected chi connectivity index (χ2v) is 7.66. The number of aromatic nitrogens is 2. The summed E-state index contributed by atoms with van der Waals surface area (Å²) in [6, 6.07) is 5.27. The Kier molecular flexibility index (Phi) is 3.99. The lowest BCUT2D eigenvalue weighted by atomic mass is 10.1. The zero-order valence-electron chi connectivity index (χ0n) is 14.0. The number of aryl methyl sites for hydroxylation is 1. The van der Waals surface area contributed by atoms with Gasteiger partial charge < -0.3 is 14.6 Å². The number of nitrogens with one attached hydrogen (secondary N) is 1. The Balaban J connectivity index is 1.60. The van der Waals surface area contributed by atoms with Gasteiger partial charge in [0, 0.05) is 23.9 Å². The highest BCUT2D eigenvalue weighted by atomic mass is 32.2. The van der Waals surface area contributed by atoms with Gasteiger partial charge in [-0.25, -0.2) is 0 Å². The summed E-state index contributed by atoms with van der Waals surface area (Å²) in [4.78, 5) is 27.6. The minimum absolute atomic E-state index is 0.0394. The Bertz CT molecular complexity index is 850. The van der Waals surface area contributed by atoms with Crippen molar-refractivity contribution in [2.45, 2.75) is 42.9 Å². The molecule has 0 aliphatic carbocycles. The zero-order valence-corrected chi connectivity index (χ0v) is 14.8. The van der Waals surface area contributed by atoms with Gasteiger partial charge in [0.25, 0.3) is 5.91 Å². The first-order chi connectivity index (χ1) is 12.0. The molecule has 2 amide bonds. The van der Waals surface area contributed by atoms with Crippen molar-refractivity contribution in [1.82, 2.24) is 15.1 Å². The van der Waals surface area contributed by atoms with Gasteiger partial charge in [-0.15, -0.1) is 22.0 Å². The van der Waals surface area contributed by atoms with Crippen LogP contribution in [0.25, 0.3) is 0 Å². The minimum atomic E-state index is -0.186. The standard InChI is InChI=1S/C17H18N4O3S/c1-9-15(22)18-12-8-11(5-6-14(12)25-9)17(23)21-7-3-4-13(21)16-20-19-10(2)24-16/h5-6,8-9,13H,3-4,7H2,1-2H3,(H,18,22)/t9-,13+/m0/s1. The lowest BCUT2D eigenvalue weighted by molar-refractivity contribution is -0.115. The number of rotatable bonds is 2. The molecule has 0 bridgehead atoms. The fourth-order valence-corrected chi connectivity index (χ4v) is 4.15. The van der Waals surface area contributed by atoms with Crippen molar-refractivity contribution in [3.63, 3.8) is 0 Å². The van der Waals surface area contributed by atoms with Crippen LogP contribution in [0, 0.1) is 6.92 Å². The van der Waals surface area contributed by atoms with Crippen LogP contribution in [0.1, 0.15) is 47.9 Å². The van der Waals surface area contributed by atoms with Crippen LogP contribution < -0.4 is 5.32 Å². The summed E-state index contributed by atoms with van der Waals surface area (Å²) in [6.07, 6.45) is 1.70. The lowest BCUT2D eigenvalue weighted by Crippen LogP contribution is -2.31. The van der Waals surface area contributed by atoms with E-state index in [1.54, 1.807) is 17.9 Å². The van der Waals surface area contributed by atoms with E-state index in [4.69, 9.17) is 4.42 Å². The van der Waals surface area contributed by atoms with Crippen LogP contribution in [0.4, 0.5) is 5.69 Å². The zero-order chi connectivity index (χ0) is 17.6. The molecule has 8 heteroatoms. The predicted molar refractivity (Wildman–Crippen MR) is 92.4 cm³/mol. The molecule has 130 valence electrons. The Hall–Kier alpha value is -2.35. The van der Waals surface area contributed by atoms with Gasteiger partial charge in [-0.2, -0.15) is 0 Å². The molecule has 0 spiro atoms. The number of carbonyl (C=O) groups excluding carboxylic acids is 2. The maximum Gasteiger partial charge on any atom is 0.254 e. The highest BCUT2D eigenvalue weighted by Gasteiger charge is 2.34. The van der Waals surface area contributed by atoms with Gasteiger partial charge in [-0.1, -0.05) is 0 Å². The number of likely N-dealkylation sites (tertiary alicyclic amines) is 1. The van der Waals surface area contributed by atoms with Crippen LogP contribution in [-0.2, 0) is 4.79 Å². The fourth-order valence-electron chi connectivity index (χ4n) is 3.22. The van der Waals surface area contributed by atoms with Crippen molar-refractivity contribution in [3.05, 3.63) is 35.5 Å². The minimum Gasteiger partial charge on any atom is -0.423 e. The van der Waals surface area contributed by atoms with Crippen LogP contribution in [0.15, 0.2) is 27.5 Å². The van der Waals surface area contributed by atoms with E-state index in [1.165, 1.54) is 11.8 Å². The third kappa shape index (κ3) is 2.90. The van der Waals surface area contributed by atoms with Crippen LogP contribution >= 0.6 is 11.8 Å². The van der Waals surface area contributed by atoms with Gasteiger partial charge in [-0.05, 0) is 38.0 Å². The SMILES string of the molecule is Cc1nnc([C@H]2CCCN2C(=O)c2ccc3c(c2)NC(=O)[C@H](C)S3)o1. The molecule has 1 aromatic carbocycles. The summed E-state index contributed by atoms with van der Waals surface area (Å²) < 4.78 is 5.52. The molecule has 7 nitrogen and oxygen atoms in total. The van der Waals surface area contributed by atoms with Crippen molar-refractivity contribution in [3.8, 4) is 0 Å². The number of thioether (sulfide) groups is 1. The van der Waals surface area contributed by atoms with E-state index in [0.29, 0.717) is 29.6 Å². The third-order valence-corrected chi connectivity index (χ3v) is 5.68. The monoisotopic (exact) mass is 358 g/mol. The van der Waals surface area contributed by atoms with Crippen LogP contribution in [0.2, 0.25) is 0 Å². The van der Waals surface area contributed by atoms with Crippen LogP contribution in [0.5, 0.6) is 0 Å². The van der Waals surface area contributed by atoms with E-state index in [2.05, 4.69) is 15.5 Å². The first-order valence-corrected chi connectivity index (χ1v) is 9.13. The number of nitrogens with zero attached hydrogens (tertiary/aromatic N) is 3. The van der Waals surface area contributed by atoms with E-state index in [1.807, 2.05) is 19.1 Å². The molecule has 0 unspecified atom stereocenters. The summed E-state index contributed by atoms with van der Waals surface area (Å²) in [6.45, 7) is 4.26. The van der Waals surface area contributed by atoms with E-state index < -0.39 is 0 Å². The Morgan fingerprint density at radius 2 is 2.24 bits per heavy atom. The molecule has 0 radical (unpaired) electrons.